The molecule has 0 aliphatic carbocycles. The number of hydrogen-bond acceptors (Lipinski definition) is 3. The maximum Gasteiger partial charge on any atom is 0.291 e. The molecule has 1 amide bonds. The Morgan fingerprint density at radius 3 is 2.72 bits per heavy atom. The molecule has 2 aromatic carbocycles. The minimum absolute atomic E-state index is 0.188. The summed E-state index contributed by atoms with van der Waals surface area (Å²) in [5.41, 5.74) is 2.80. The zero-order valence-electron chi connectivity index (χ0n) is 16.3. The number of rotatable bonds is 5. The molecular weight excluding hydrogens is 388 g/mol. The summed E-state index contributed by atoms with van der Waals surface area (Å²) in [7, 11) is 0. The van der Waals surface area contributed by atoms with E-state index in [0.29, 0.717) is 22.8 Å². The molecule has 0 bridgehead atoms. The van der Waals surface area contributed by atoms with Crippen molar-refractivity contribution in [1.82, 2.24) is 14.3 Å². The highest BCUT2D eigenvalue weighted by Gasteiger charge is 2.17. The average molecular weight is 409 g/mol. The number of halogens is 1. The van der Waals surface area contributed by atoms with Gasteiger partial charge in [-0.15, -0.1) is 0 Å². The molecule has 0 saturated heterocycles. The van der Waals surface area contributed by atoms with Crippen molar-refractivity contribution >= 4 is 45.0 Å². The number of nitrogens with zero attached hydrogens (tertiary/aromatic N) is 3. The summed E-state index contributed by atoms with van der Waals surface area (Å²) in [5.74, 6) is -0.358. The van der Waals surface area contributed by atoms with Crippen LogP contribution in [-0.2, 0) is 17.9 Å². The summed E-state index contributed by atoms with van der Waals surface area (Å²) in [6.45, 7) is 4.52. The van der Waals surface area contributed by atoms with Gasteiger partial charge in [0.2, 0.25) is 5.91 Å². The van der Waals surface area contributed by atoms with E-state index in [1.807, 2.05) is 41.8 Å². The minimum Gasteiger partial charge on any atom is -0.336 e. The summed E-state index contributed by atoms with van der Waals surface area (Å²) in [5, 5.41) is 9.24. The molecule has 4 rings (SSSR count). The van der Waals surface area contributed by atoms with E-state index in [-0.39, 0.29) is 18.0 Å². The Kier molecular flexibility index (Phi) is 5.11. The number of amides is 1. The first-order valence-corrected chi connectivity index (χ1v) is 9.90. The summed E-state index contributed by atoms with van der Waals surface area (Å²) in [4.78, 5) is 25.7. The van der Waals surface area contributed by atoms with E-state index in [2.05, 4.69) is 17.3 Å². The van der Waals surface area contributed by atoms with E-state index in [4.69, 9.17) is 11.6 Å². The Bertz CT molecular complexity index is 1290. The number of nitrogens with one attached hydrogen (secondary N) is 1. The van der Waals surface area contributed by atoms with Crippen LogP contribution in [0.3, 0.4) is 0 Å². The highest BCUT2D eigenvalue weighted by molar-refractivity contribution is 6.33. The molecule has 4 aromatic rings. The highest BCUT2D eigenvalue weighted by atomic mass is 35.5. The number of para-hydroxylation sites is 1. The molecule has 0 fully saturated rings. The predicted molar refractivity (Wildman–Crippen MR) is 117 cm³/mol. The van der Waals surface area contributed by atoms with Crippen molar-refractivity contribution in [1.29, 1.82) is 0 Å². The monoisotopic (exact) mass is 408 g/mol. The second kappa shape index (κ2) is 7.72. The lowest BCUT2D eigenvalue weighted by molar-refractivity contribution is -0.117. The Labute approximate surface area is 172 Å². The van der Waals surface area contributed by atoms with Gasteiger partial charge in [-0.3, -0.25) is 9.59 Å². The summed E-state index contributed by atoms with van der Waals surface area (Å²) in [6.07, 6.45) is 2.55. The lowest BCUT2D eigenvalue weighted by Gasteiger charge is -2.10. The first-order chi connectivity index (χ1) is 14.0. The Hall–Kier alpha value is -3.12. The number of aryl methyl sites for hydroxylation is 2. The van der Waals surface area contributed by atoms with Crippen LogP contribution in [0.2, 0.25) is 5.02 Å². The maximum absolute atomic E-state index is 13.2. The van der Waals surface area contributed by atoms with Crippen LogP contribution >= 0.6 is 11.6 Å². The topological polar surface area (TPSA) is 68.9 Å². The zero-order valence-corrected chi connectivity index (χ0v) is 17.0. The van der Waals surface area contributed by atoms with Crippen LogP contribution in [0.5, 0.6) is 0 Å². The molecule has 0 unspecified atom stereocenters. The van der Waals surface area contributed by atoms with Gasteiger partial charge in [0.25, 0.3) is 5.56 Å². The van der Waals surface area contributed by atoms with E-state index in [9.17, 15) is 9.59 Å². The SMILES string of the molecule is CCCn1c2ccccc2c2cnn(CC(=O)Nc3ccc(C)cc3Cl)c(=O)c21. The van der Waals surface area contributed by atoms with E-state index in [1.165, 1.54) is 4.68 Å². The van der Waals surface area contributed by atoms with Gasteiger partial charge in [0.1, 0.15) is 12.1 Å². The summed E-state index contributed by atoms with van der Waals surface area (Å²) in [6, 6.07) is 13.3. The van der Waals surface area contributed by atoms with Gasteiger partial charge in [0.15, 0.2) is 0 Å². The largest absolute Gasteiger partial charge is 0.336 e. The molecule has 6 nitrogen and oxygen atoms in total. The lowest BCUT2D eigenvalue weighted by atomic mass is 10.2. The molecular formula is C22H21ClN4O2. The van der Waals surface area contributed by atoms with Crippen LogP contribution in [0.25, 0.3) is 21.8 Å². The van der Waals surface area contributed by atoms with E-state index in [1.54, 1.807) is 18.3 Å². The van der Waals surface area contributed by atoms with Crippen LogP contribution in [0.1, 0.15) is 18.9 Å². The van der Waals surface area contributed by atoms with Gasteiger partial charge in [-0.1, -0.05) is 42.8 Å². The third kappa shape index (κ3) is 3.51. The molecule has 29 heavy (non-hydrogen) atoms. The molecule has 148 valence electrons. The van der Waals surface area contributed by atoms with Gasteiger partial charge < -0.3 is 9.88 Å². The maximum atomic E-state index is 13.2. The van der Waals surface area contributed by atoms with Crippen LogP contribution < -0.4 is 10.9 Å². The lowest BCUT2D eigenvalue weighted by Crippen LogP contribution is -2.30. The standard InChI is InChI=1S/C22H21ClN4O2/c1-3-10-26-19-7-5-4-6-15(19)16-12-24-27(22(29)21(16)26)13-20(28)25-18-9-8-14(2)11-17(18)23/h4-9,11-12H,3,10,13H2,1-2H3,(H,25,28). The fourth-order valence-electron chi connectivity index (χ4n) is 3.61. The summed E-state index contributed by atoms with van der Waals surface area (Å²) < 4.78 is 3.21. The number of benzene rings is 2. The number of aromatic nitrogens is 3. The van der Waals surface area contributed by atoms with Crippen LogP contribution in [0.15, 0.2) is 53.5 Å². The minimum atomic E-state index is -0.358. The van der Waals surface area contributed by atoms with Crippen molar-refractivity contribution in [2.75, 3.05) is 5.32 Å². The first-order valence-electron chi connectivity index (χ1n) is 9.52. The van der Waals surface area contributed by atoms with Crippen molar-refractivity contribution in [3.05, 3.63) is 69.6 Å². The molecule has 0 aliphatic heterocycles. The van der Waals surface area contributed by atoms with E-state index in [0.717, 1.165) is 28.3 Å². The third-order valence-corrected chi connectivity index (χ3v) is 5.23. The molecule has 0 saturated carbocycles. The Morgan fingerprint density at radius 2 is 1.97 bits per heavy atom. The molecule has 0 aliphatic rings. The van der Waals surface area contributed by atoms with Crippen LogP contribution in [0.4, 0.5) is 5.69 Å². The van der Waals surface area contributed by atoms with Crippen molar-refractivity contribution in [3.63, 3.8) is 0 Å². The van der Waals surface area contributed by atoms with E-state index >= 15 is 0 Å². The fraction of sp³-hybridized carbons (Fsp3) is 0.227. The van der Waals surface area contributed by atoms with Crippen molar-refractivity contribution in [3.8, 4) is 0 Å². The Morgan fingerprint density at radius 1 is 1.17 bits per heavy atom. The van der Waals surface area contributed by atoms with Crippen LogP contribution in [0, 0.1) is 6.92 Å². The quantitative estimate of drug-likeness (QED) is 0.533. The molecule has 2 heterocycles. The second-order valence-electron chi connectivity index (χ2n) is 7.07. The number of carbonyl (C=O) groups is 1. The molecule has 0 radical (unpaired) electrons. The number of anilines is 1. The van der Waals surface area contributed by atoms with Crippen molar-refractivity contribution in [2.24, 2.45) is 0 Å². The molecule has 7 heteroatoms. The summed E-state index contributed by atoms with van der Waals surface area (Å²) >= 11 is 6.18. The van der Waals surface area contributed by atoms with Crippen LogP contribution in [-0.4, -0.2) is 20.3 Å². The smallest absolute Gasteiger partial charge is 0.291 e. The predicted octanol–water partition coefficient (Wildman–Crippen LogP) is 4.36. The molecule has 0 spiro atoms. The third-order valence-electron chi connectivity index (χ3n) is 4.91. The van der Waals surface area contributed by atoms with Gasteiger partial charge in [-0.25, -0.2) is 4.68 Å². The number of carbonyl (C=O) groups excluding carboxylic acids is 1. The van der Waals surface area contributed by atoms with Gasteiger partial charge in [-0.05, 0) is 37.1 Å². The molecule has 0 atom stereocenters. The number of hydrogen-bond donors (Lipinski definition) is 1. The number of fused-ring (bicyclic) bond motifs is 3. The second-order valence-corrected chi connectivity index (χ2v) is 7.48. The zero-order chi connectivity index (χ0) is 20.5. The van der Waals surface area contributed by atoms with Gasteiger partial charge in [0.05, 0.1) is 16.9 Å². The molecule has 1 N–H and O–H groups in total. The van der Waals surface area contributed by atoms with Gasteiger partial charge in [0, 0.05) is 22.8 Å². The highest BCUT2D eigenvalue weighted by Crippen LogP contribution is 2.26. The molecule has 2 aromatic heterocycles. The van der Waals surface area contributed by atoms with Crippen molar-refractivity contribution < 1.29 is 4.79 Å². The average Bonchev–Trinajstić information content (AvgIpc) is 3.01. The van der Waals surface area contributed by atoms with Gasteiger partial charge in [-0.2, -0.15) is 5.10 Å². The van der Waals surface area contributed by atoms with Crippen molar-refractivity contribution in [2.45, 2.75) is 33.4 Å². The van der Waals surface area contributed by atoms with Gasteiger partial charge >= 0.3 is 0 Å². The normalized spacial score (nSPS) is 11.3. The first kappa shape index (κ1) is 19.2. The fourth-order valence-corrected chi connectivity index (χ4v) is 3.89. The Balaban J connectivity index is 1.72. The van der Waals surface area contributed by atoms with E-state index < -0.39 is 0 Å².